The fourth-order valence-electron chi connectivity index (χ4n) is 2.74. The van der Waals surface area contributed by atoms with Gasteiger partial charge in [-0.1, -0.05) is 50.3 Å². The van der Waals surface area contributed by atoms with Gasteiger partial charge in [0.15, 0.2) is 11.5 Å². The normalized spacial score (nSPS) is 17.9. The third-order valence-corrected chi connectivity index (χ3v) is 5.64. The van der Waals surface area contributed by atoms with Gasteiger partial charge in [-0.05, 0) is 36.6 Å². The first-order chi connectivity index (χ1) is 12.8. The minimum atomic E-state index is -1.30. The van der Waals surface area contributed by atoms with Crippen LogP contribution in [-0.4, -0.2) is 40.9 Å². The topological polar surface area (TPSA) is 78.9 Å². The molecule has 0 unspecified atom stereocenters. The Labute approximate surface area is 168 Å². The number of methoxy groups -OCH3 is 1. The molecule has 0 spiro atoms. The molecule has 0 aromatic heterocycles. The molecule has 1 fully saturated rings. The van der Waals surface area contributed by atoms with Gasteiger partial charge in [0.1, 0.15) is 4.32 Å². The first-order valence-corrected chi connectivity index (χ1v) is 9.85. The standard InChI is InChI=1S/C19H23NO5S2/c1-5-11(3)16(18(22)23)20-17(21)15(27-19(20)26)10-12-7-8-13(25-6-2)14(9-12)24-4/h7-11,16H,5-6H2,1-4H3,(H,22,23)/p-1/b15-10-/t11-,16-/m0/s1. The summed E-state index contributed by atoms with van der Waals surface area (Å²) in [7, 11) is 1.54. The maximum absolute atomic E-state index is 12.8. The number of thioether (sulfide) groups is 1. The summed E-state index contributed by atoms with van der Waals surface area (Å²) < 4.78 is 11.0. The van der Waals surface area contributed by atoms with Crippen LogP contribution in [0.5, 0.6) is 11.5 Å². The molecule has 0 saturated carbocycles. The SMILES string of the molecule is CCOc1ccc(/C=C2\SC(=S)N([C@H](C(=O)[O-])[C@@H](C)CC)C2=O)cc1OC. The minimum Gasteiger partial charge on any atom is -0.548 e. The van der Waals surface area contributed by atoms with Crippen LogP contribution in [0.25, 0.3) is 6.08 Å². The number of carboxylic acids is 1. The maximum atomic E-state index is 12.8. The fraction of sp³-hybridized carbons (Fsp3) is 0.421. The summed E-state index contributed by atoms with van der Waals surface area (Å²) in [4.78, 5) is 25.9. The van der Waals surface area contributed by atoms with E-state index in [2.05, 4.69) is 0 Å². The van der Waals surface area contributed by atoms with Crippen LogP contribution in [0, 0.1) is 5.92 Å². The van der Waals surface area contributed by atoms with Gasteiger partial charge in [-0.3, -0.25) is 9.69 Å². The lowest BCUT2D eigenvalue weighted by Gasteiger charge is -2.32. The lowest BCUT2D eigenvalue weighted by atomic mass is 9.98. The first kappa shape index (κ1) is 21.2. The summed E-state index contributed by atoms with van der Waals surface area (Å²) in [6, 6.07) is 4.23. The third kappa shape index (κ3) is 4.62. The van der Waals surface area contributed by atoms with Crippen LogP contribution in [0.3, 0.4) is 0 Å². The molecule has 0 aliphatic carbocycles. The highest BCUT2D eigenvalue weighted by Crippen LogP contribution is 2.37. The Bertz CT molecular complexity index is 777. The van der Waals surface area contributed by atoms with Crippen molar-refractivity contribution in [2.24, 2.45) is 5.92 Å². The molecule has 1 saturated heterocycles. The molecule has 1 aromatic carbocycles. The number of carbonyl (C=O) groups excluding carboxylic acids is 2. The Morgan fingerprint density at radius 2 is 2.07 bits per heavy atom. The van der Waals surface area contributed by atoms with Gasteiger partial charge in [-0.2, -0.15) is 0 Å². The zero-order valence-corrected chi connectivity index (χ0v) is 17.3. The summed E-state index contributed by atoms with van der Waals surface area (Å²) in [6.07, 6.45) is 2.26. The van der Waals surface area contributed by atoms with Crippen molar-refractivity contribution in [2.75, 3.05) is 13.7 Å². The molecule has 146 valence electrons. The molecule has 27 heavy (non-hydrogen) atoms. The second kappa shape index (κ2) is 9.23. The number of ether oxygens (including phenoxy) is 2. The van der Waals surface area contributed by atoms with E-state index < -0.39 is 17.9 Å². The number of carbonyl (C=O) groups is 2. The van der Waals surface area contributed by atoms with Crippen LogP contribution in [0.1, 0.15) is 32.8 Å². The number of thiocarbonyl (C=S) groups is 1. The fourth-order valence-corrected chi connectivity index (χ4v) is 4.06. The maximum Gasteiger partial charge on any atom is 0.266 e. The molecule has 1 aromatic rings. The summed E-state index contributed by atoms with van der Waals surface area (Å²) in [5.74, 6) is -0.841. The summed E-state index contributed by atoms with van der Waals surface area (Å²) in [5.41, 5.74) is 0.726. The summed E-state index contributed by atoms with van der Waals surface area (Å²) in [6.45, 7) is 6.01. The Balaban J connectivity index is 2.34. The number of hydrogen-bond donors (Lipinski definition) is 0. The number of rotatable bonds is 8. The van der Waals surface area contributed by atoms with Crippen molar-refractivity contribution in [3.05, 3.63) is 28.7 Å². The van der Waals surface area contributed by atoms with Crippen LogP contribution in [-0.2, 0) is 9.59 Å². The smallest absolute Gasteiger partial charge is 0.266 e. The highest BCUT2D eigenvalue weighted by Gasteiger charge is 2.39. The van der Waals surface area contributed by atoms with Crippen molar-refractivity contribution < 1.29 is 24.2 Å². The molecule has 1 heterocycles. The van der Waals surface area contributed by atoms with E-state index in [1.807, 2.05) is 13.8 Å². The van der Waals surface area contributed by atoms with Gasteiger partial charge >= 0.3 is 0 Å². The van der Waals surface area contributed by atoms with E-state index in [1.165, 1.54) is 7.11 Å². The summed E-state index contributed by atoms with van der Waals surface area (Å²) >= 11 is 6.35. The number of hydrogen-bond acceptors (Lipinski definition) is 7. The van der Waals surface area contributed by atoms with Crippen molar-refractivity contribution in [1.29, 1.82) is 0 Å². The van der Waals surface area contributed by atoms with Crippen LogP contribution in [0.15, 0.2) is 23.1 Å². The molecule has 0 radical (unpaired) electrons. The molecular weight excluding hydrogens is 386 g/mol. The second-order valence-corrected chi connectivity index (χ2v) is 7.72. The van der Waals surface area contributed by atoms with Gasteiger partial charge in [-0.25, -0.2) is 0 Å². The first-order valence-electron chi connectivity index (χ1n) is 8.62. The zero-order valence-electron chi connectivity index (χ0n) is 15.7. The predicted octanol–water partition coefficient (Wildman–Crippen LogP) is 2.46. The third-order valence-electron chi connectivity index (χ3n) is 4.31. The van der Waals surface area contributed by atoms with E-state index in [0.29, 0.717) is 29.4 Å². The molecule has 8 heteroatoms. The van der Waals surface area contributed by atoms with Crippen LogP contribution in [0.2, 0.25) is 0 Å². The molecule has 1 aliphatic heterocycles. The molecule has 0 N–H and O–H groups in total. The van der Waals surface area contributed by atoms with E-state index in [-0.39, 0.29) is 10.2 Å². The highest BCUT2D eigenvalue weighted by molar-refractivity contribution is 8.26. The molecule has 1 aliphatic rings. The zero-order chi connectivity index (χ0) is 20.1. The molecule has 6 nitrogen and oxygen atoms in total. The Kier molecular flexibility index (Phi) is 7.26. The molecule has 2 atom stereocenters. The molecule has 2 rings (SSSR count). The van der Waals surface area contributed by atoms with Crippen molar-refractivity contribution in [1.82, 2.24) is 4.90 Å². The van der Waals surface area contributed by atoms with E-state index in [0.717, 1.165) is 22.2 Å². The van der Waals surface area contributed by atoms with Gasteiger partial charge < -0.3 is 19.4 Å². The largest absolute Gasteiger partial charge is 0.548 e. The van der Waals surface area contributed by atoms with E-state index in [9.17, 15) is 14.7 Å². The average Bonchev–Trinajstić information content (AvgIpc) is 2.90. The summed E-state index contributed by atoms with van der Waals surface area (Å²) in [5, 5.41) is 11.6. The monoisotopic (exact) mass is 408 g/mol. The number of aliphatic carboxylic acids is 1. The minimum absolute atomic E-state index is 0.221. The van der Waals surface area contributed by atoms with E-state index in [4.69, 9.17) is 21.7 Å². The average molecular weight is 409 g/mol. The highest BCUT2D eigenvalue weighted by atomic mass is 32.2. The molecular formula is C19H22NO5S2-. The number of amides is 1. The van der Waals surface area contributed by atoms with Gasteiger partial charge in [-0.15, -0.1) is 0 Å². The van der Waals surface area contributed by atoms with E-state index >= 15 is 0 Å². The number of nitrogens with zero attached hydrogens (tertiary/aromatic N) is 1. The number of carboxylic acid groups (broad SMARTS) is 1. The quantitative estimate of drug-likeness (QED) is 0.483. The molecule has 0 bridgehead atoms. The van der Waals surface area contributed by atoms with Crippen molar-refractivity contribution in [2.45, 2.75) is 33.2 Å². The van der Waals surface area contributed by atoms with Gasteiger partial charge in [0, 0.05) is 0 Å². The van der Waals surface area contributed by atoms with Gasteiger partial charge in [0.2, 0.25) is 0 Å². The lowest BCUT2D eigenvalue weighted by Crippen LogP contribution is -2.53. The van der Waals surface area contributed by atoms with Crippen molar-refractivity contribution in [3.8, 4) is 11.5 Å². The number of benzene rings is 1. The van der Waals surface area contributed by atoms with Gasteiger partial charge in [0.25, 0.3) is 5.91 Å². The Morgan fingerprint density at radius 1 is 1.37 bits per heavy atom. The molecule has 1 amide bonds. The van der Waals surface area contributed by atoms with Gasteiger partial charge in [0.05, 0.1) is 30.6 Å². The Hall–Kier alpha value is -2.06. The Morgan fingerprint density at radius 3 is 2.63 bits per heavy atom. The second-order valence-electron chi connectivity index (χ2n) is 6.04. The lowest BCUT2D eigenvalue weighted by molar-refractivity contribution is -0.311. The van der Waals surface area contributed by atoms with Crippen LogP contribution in [0.4, 0.5) is 0 Å². The van der Waals surface area contributed by atoms with Crippen molar-refractivity contribution >= 4 is 46.3 Å². The van der Waals surface area contributed by atoms with Crippen LogP contribution < -0.4 is 14.6 Å². The van der Waals surface area contributed by atoms with Crippen LogP contribution >= 0.6 is 24.0 Å². The van der Waals surface area contributed by atoms with Crippen molar-refractivity contribution in [3.63, 3.8) is 0 Å². The predicted molar refractivity (Wildman–Crippen MR) is 107 cm³/mol. The van der Waals surface area contributed by atoms with E-state index in [1.54, 1.807) is 31.2 Å².